The molecule has 0 heterocycles. The molecule has 0 aromatic heterocycles. The number of hydrogen-bond donors (Lipinski definition) is 2. The van der Waals surface area contributed by atoms with Crippen LogP contribution in [0.25, 0.3) is 0 Å². The van der Waals surface area contributed by atoms with Crippen LogP contribution in [0.15, 0.2) is 24.3 Å². The molecule has 3 N–H and O–H groups in total. The van der Waals surface area contributed by atoms with Gasteiger partial charge in [-0.05, 0) is 23.5 Å². The van der Waals surface area contributed by atoms with E-state index in [1.54, 1.807) is 0 Å². The van der Waals surface area contributed by atoms with Gasteiger partial charge in [0.1, 0.15) is 5.75 Å². The average molecular weight is 250 g/mol. The first kappa shape index (κ1) is 14.5. The summed E-state index contributed by atoms with van der Waals surface area (Å²) in [6, 6.07) is 7.76. The molecule has 1 rings (SSSR count). The average Bonchev–Trinajstić information content (AvgIpc) is 2.34. The smallest absolute Gasteiger partial charge is 0.275 e. The van der Waals surface area contributed by atoms with Crippen molar-refractivity contribution >= 4 is 5.91 Å². The summed E-state index contributed by atoms with van der Waals surface area (Å²) in [7, 11) is 0. The molecule has 0 aliphatic heterocycles. The van der Waals surface area contributed by atoms with Crippen LogP contribution in [0.5, 0.6) is 5.75 Å². The predicted octanol–water partition coefficient (Wildman–Crippen LogP) is 2.20. The van der Waals surface area contributed by atoms with Crippen molar-refractivity contribution in [2.45, 2.75) is 39.7 Å². The van der Waals surface area contributed by atoms with Crippen molar-refractivity contribution in [2.75, 3.05) is 0 Å². The standard InChI is InChI=1S/C14H22N2O2/c1-9(2)11-7-5-6-8-12(11)18-13(10(3)4)14(17)16-15/h5-10,13H,15H2,1-4H3,(H,16,17). The number of ether oxygens (including phenoxy) is 1. The lowest BCUT2D eigenvalue weighted by molar-refractivity contribution is -0.129. The first-order chi connectivity index (χ1) is 8.47. The third kappa shape index (κ3) is 3.47. The molecule has 1 atom stereocenters. The van der Waals surface area contributed by atoms with Crippen molar-refractivity contribution in [3.63, 3.8) is 0 Å². The fraction of sp³-hybridized carbons (Fsp3) is 0.500. The topological polar surface area (TPSA) is 64.3 Å². The maximum atomic E-state index is 11.7. The van der Waals surface area contributed by atoms with Crippen LogP contribution in [0.2, 0.25) is 0 Å². The van der Waals surface area contributed by atoms with Gasteiger partial charge in [0.15, 0.2) is 6.10 Å². The maximum absolute atomic E-state index is 11.7. The molecule has 0 fully saturated rings. The van der Waals surface area contributed by atoms with Gasteiger partial charge < -0.3 is 4.74 Å². The summed E-state index contributed by atoms with van der Waals surface area (Å²) in [4.78, 5) is 11.7. The third-order valence-corrected chi connectivity index (χ3v) is 2.80. The zero-order chi connectivity index (χ0) is 13.7. The first-order valence-electron chi connectivity index (χ1n) is 6.23. The van der Waals surface area contributed by atoms with Crippen molar-refractivity contribution in [3.8, 4) is 5.75 Å². The Morgan fingerprint density at radius 3 is 2.33 bits per heavy atom. The van der Waals surface area contributed by atoms with Gasteiger partial charge in [-0.15, -0.1) is 0 Å². The Hall–Kier alpha value is -1.55. The molecule has 1 aromatic carbocycles. The number of para-hydroxylation sites is 1. The minimum atomic E-state index is -0.574. The van der Waals surface area contributed by atoms with Crippen molar-refractivity contribution in [3.05, 3.63) is 29.8 Å². The number of carbonyl (C=O) groups excluding carboxylic acids is 1. The Labute approximate surface area is 108 Å². The van der Waals surface area contributed by atoms with Gasteiger partial charge in [0.2, 0.25) is 0 Å². The molecule has 0 saturated heterocycles. The molecule has 0 radical (unpaired) electrons. The van der Waals surface area contributed by atoms with E-state index >= 15 is 0 Å². The van der Waals surface area contributed by atoms with Gasteiger partial charge >= 0.3 is 0 Å². The van der Waals surface area contributed by atoms with Crippen LogP contribution in [0.4, 0.5) is 0 Å². The summed E-state index contributed by atoms with van der Waals surface area (Å²) in [5.74, 6) is 6.02. The van der Waals surface area contributed by atoms with Gasteiger partial charge in [-0.3, -0.25) is 10.2 Å². The summed E-state index contributed by atoms with van der Waals surface area (Å²) in [6.45, 7) is 8.04. The van der Waals surface area contributed by atoms with Crippen molar-refractivity contribution in [2.24, 2.45) is 11.8 Å². The zero-order valence-electron chi connectivity index (χ0n) is 11.4. The summed E-state index contributed by atoms with van der Waals surface area (Å²) < 4.78 is 5.83. The Kier molecular flexibility index (Phi) is 5.16. The van der Waals surface area contributed by atoms with E-state index in [2.05, 4.69) is 19.3 Å². The van der Waals surface area contributed by atoms with E-state index in [0.29, 0.717) is 5.92 Å². The summed E-state index contributed by atoms with van der Waals surface area (Å²) in [5.41, 5.74) is 3.24. The number of benzene rings is 1. The minimum Gasteiger partial charge on any atom is -0.480 e. The highest BCUT2D eigenvalue weighted by Gasteiger charge is 2.24. The highest BCUT2D eigenvalue weighted by Crippen LogP contribution is 2.27. The Morgan fingerprint density at radius 1 is 1.22 bits per heavy atom. The Morgan fingerprint density at radius 2 is 1.83 bits per heavy atom. The quantitative estimate of drug-likeness (QED) is 0.478. The van der Waals surface area contributed by atoms with Crippen molar-refractivity contribution in [1.29, 1.82) is 0 Å². The first-order valence-corrected chi connectivity index (χ1v) is 6.23. The molecule has 0 saturated carbocycles. The van der Waals surface area contributed by atoms with Crippen LogP contribution >= 0.6 is 0 Å². The maximum Gasteiger partial charge on any atom is 0.275 e. The number of rotatable bonds is 5. The molecular weight excluding hydrogens is 228 g/mol. The number of nitrogens with two attached hydrogens (primary N) is 1. The van der Waals surface area contributed by atoms with Gasteiger partial charge in [0.25, 0.3) is 5.91 Å². The minimum absolute atomic E-state index is 0.0498. The SMILES string of the molecule is CC(C)c1ccccc1OC(C(=O)NN)C(C)C. The van der Waals surface area contributed by atoms with Gasteiger partial charge in [0, 0.05) is 0 Å². The lowest BCUT2D eigenvalue weighted by Gasteiger charge is -2.23. The van der Waals surface area contributed by atoms with E-state index < -0.39 is 6.10 Å². The largest absolute Gasteiger partial charge is 0.480 e. The van der Waals surface area contributed by atoms with Crippen LogP contribution in [0, 0.1) is 5.92 Å². The van der Waals surface area contributed by atoms with E-state index in [1.165, 1.54) is 0 Å². The zero-order valence-corrected chi connectivity index (χ0v) is 11.4. The Bertz CT molecular complexity index is 403. The second-order valence-corrected chi connectivity index (χ2v) is 4.98. The van der Waals surface area contributed by atoms with Gasteiger partial charge in [-0.2, -0.15) is 0 Å². The second kappa shape index (κ2) is 6.40. The molecule has 1 amide bonds. The van der Waals surface area contributed by atoms with E-state index in [1.807, 2.05) is 38.1 Å². The highest BCUT2D eigenvalue weighted by molar-refractivity contribution is 5.80. The monoisotopic (exact) mass is 250 g/mol. The van der Waals surface area contributed by atoms with Gasteiger partial charge in [-0.1, -0.05) is 45.9 Å². The van der Waals surface area contributed by atoms with Gasteiger partial charge in [0.05, 0.1) is 0 Å². The number of nitrogens with one attached hydrogen (secondary N) is 1. The second-order valence-electron chi connectivity index (χ2n) is 4.98. The van der Waals surface area contributed by atoms with E-state index in [4.69, 9.17) is 10.6 Å². The fourth-order valence-corrected chi connectivity index (χ4v) is 1.78. The molecule has 4 heteroatoms. The number of hydrazine groups is 1. The van der Waals surface area contributed by atoms with Crippen LogP contribution in [-0.2, 0) is 4.79 Å². The molecule has 0 aliphatic carbocycles. The highest BCUT2D eigenvalue weighted by atomic mass is 16.5. The molecule has 18 heavy (non-hydrogen) atoms. The van der Waals surface area contributed by atoms with Crippen molar-refractivity contribution in [1.82, 2.24) is 5.43 Å². The van der Waals surface area contributed by atoms with E-state index in [9.17, 15) is 4.79 Å². The van der Waals surface area contributed by atoms with Crippen LogP contribution in [0.3, 0.4) is 0 Å². The van der Waals surface area contributed by atoms with Crippen LogP contribution in [-0.4, -0.2) is 12.0 Å². The number of hydrogen-bond acceptors (Lipinski definition) is 3. The van der Waals surface area contributed by atoms with E-state index in [0.717, 1.165) is 11.3 Å². The molecule has 0 bridgehead atoms. The summed E-state index contributed by atoms with van der Waals surface area (Å²) in [6.07, 6.45) is -0.574. The van der Waals surface area contributed by atoms with E-state index in [-0.39, 0.29) is 11.8 Å². The molecular formula is C14H22N2O2. The normalized spacial score (nSPS) is 12.6. The van der Waals surface area contributed by atoms with Crippen LogP contribution < -0.4 is 16.0 Å². The molecule has 0 aliphatic rings. The molecule has 100 valence electrons. The molecule has 1 unspecified atom stereocenters. The number of amides is 1. The fourth-order valence-electron chi connectivity index (χ4n) is 1.78. The third-order valence-electron chi connectivity index (χ3n) is 2.80. The summed E-state index contributed by atoms with van der Waals surface area (Å²) in [5, 5.41) is 0. The van der Waals surface area contributed by atoms with Gasteiger partial charge in [-0.25, -0.2) is 5.84 Å². The molecule has 0 spiro atoms. The lowest BCUT2D eigenvalue weighted by Crippen LogP contribution is -2.44. The van der Waals surface area contributed by atoms with Crippen molar-refractivity contribution < 1.29 is 9.53 Å². The van der Waals surface area contributed by atoms with Crippen LogP contribution in [0.1, 0.15) is 39.2 Å². The summed E-state index contributed by atoms with van der Waals surface area (Å²) >= 11 is 0. The lowest BCUT2D eigenvalue weighted by atomic mass is 10.0. The molecule has 4 nitrogen and oxygen atoms in total. The predicted molar refractivity (Wildman–Crippen MR) is 72.1 cm³/mol. The molecule has 1 aromatic rings. The number of carbonyl (C=O) groups is 1. The Balaban J connectivity index is 2.97.